The molecule has 1 fully saturated rings. The zero-order chi connectivity index (χ0) is 19.4. The number of carbonyl (C=O) groups is 1. The summed E-state index contributed by atoms with van der Waals surface area (Å²) in [5.41, 5.74) is 0.608. The fourth-order valence-corrected chi connectivity index (χ4v) is 4.97. The summed E-state index contributed by atoms with van der Waals surface area (Å²) in [6, 6.07) is 10.9. The van der Waals surface area contributed by atoms with Gasteiger partial charge in [-0.2, -0.15) is 4.31 Å². The Kier molecular flexibility index (Phi) is 6.42. The van der Waals surface area contributed by atoms with Crippen LogP contribution in [0.2, 0.25) is 10.0 Å². The molecule has 0 atom stereocenters. The van der Waals surface area contributed by atoms with Gasteiger partial charge in [0.2, 0.25) is 10.0 Å². The number of amides is 1. The summed E-state index contributed by atoms with van der Waals surface area (Å²) in [5.74, 6) is -0.452. The van der Waals surface area contributed by atoms with E-state index in [-0.39, 0.29) is 15.5 Å². The quantitative estimate of drug-likeness (QED) is 0.762. The molecule has 0 bridgehead atoms. The maximum absolute atomic E-state index is 12.9. The third kappa shape index (κ3) is 4.82. The lowest BCUT2D eigenvalue weighted by Gasteiger charge is -2.20. The van der Waals surface area contributed by atoms with Gasteiger partial charge in [-0.05, 0) is 49.2 Å². The van der Waals surface area contributed by atoms with Crippen molar-refractivity contribution in [3.63, 3.8) is 0 Å². The summed E-state index contributed by atoms with van der Waals surface area (Å²) in [6.45, 7) is 1.05. The van der Waals surface area contributed by atoms with Crippen molar-refractivity contribution in [1.82, 2.24) is 4.31 Å². The Morgan fingerprint density at radius 1 is 0.963 bits per heavy atom. The van der Waals surface area contributed by atoms with E-state index < -0.39 is 15.9 Å². The first-order chi connectivity index (χ1) is 12.9. The number of nitrogens with zero attached hydrogens (tertiary/aromatic N) is 1. The van der Waals surface area contributed by atoms with Crippen molar-refractivity contribution in [2.75, 3.05) is 18.4 Å². The number of sulfonamides is 1. The van der Waals surface area contributed by atoms with Crippen LogP contribution in [0.3, 0.4) is 0 Å². The van der Waals surface area contributed by atoms with Crippen molar-refractivity contribution in [3.05, 3.63) is 58.1 Å². The zero-order valence-electron chi connectivity index (χ0n) is 14.6. The fraction of sp³-hybridized carbons (Fsp3) is 0.316. The van der Waals surface area contributed by atoms with E-state index in [0.29, 0.717) is 23.8 Å². The Morgan fingerprint density at radius 2 is 1.67 bits per heavy atom. The Hall–Kier alpha value is -1.60. The molecule has 0 spiro atoms. The van der Waals surface area contributed by atoms with Crippen molar-refractivity contribution in [1.29, 1.82) is 0 Å². The van der Waals surface area contributed by atoms with E-state index in [9.17, 15) is 13.2 Å². The lowest BCUT2D eigenvalue weighted by Crippen LogP contribution is -2.32. The van der Waals surface area contributed by atoms with E-state index >= 15 is 0 Å². The van der Waals surface area contributed by atoms with E-state index in [1.54, 1.807) is 30.3 Å². The van der Waals surface area contributed by atoms with Crippen LogP contribution in [-0.2, 0) is 10.0 Å². The van der Waals surface area contributed by atoms with Crippen LogP contribution in [0, 0.1) is 0 Å². The van der Waals surface area contributed by atoms with Crippen molar-refractivity contribution >= 4 is 44.8 Å². The molecule has 27 heavy (non-hydrogen) atoms. The lowest BCUT2D eigenvalue weighted by atomic mass is 10.2. The van der Waals surface area contributed by atoms with Crippen LogP contribution >= 0.6 is 23.2 Å². The molecular formula is C19H20Cl2N2O3S. The Balaban J connectivity index is 1.83. The Morgan fingerprint density at radius 3 is 2.37 bits per heavy atom. The SMILES string of the molecule is O=C(Nc1cccc(S(=O)(=O)N2CCCCCC2)c1)c1cc(Cl)ccc1Cl. The number of hydrogen-bond acceptors (Lipinski definition) is 3. The molecule has 0 radical (unpaired) electrons. The summed E-state index contributed by atoms with van der Waals surface area (Å²) in [4.78, 5) is 12.6. The molecule has 2 aromatic carbocycles. The highest BCUT2D eigenvalue weighted by atomic mass is 35.5. The highest BCUT2D eigenvalue weighted by molar-refractivity contribution is 7.89. The number of carbonyl (C=O) groups excluding carboxylic acids is 1. The molecule has 1 aliphatic rings. The number of hydrogen-bond donors (Lipinski definition) is 1. The largest absolute Gasteiger partial charge is 0.322 e. The van der Waals surface area contributed by atoms with E-state index in [1.807, 2.05) is 0 Å². The van der Waals surface area contributed by atoms with Crippen LogP contribution in [0.1, 0.15) is 36.0 Å². The number of rotatable bonds is 4. The predicted octanol–water partition coefficient (Wildman–Crippen LogP) is 4.81. The lowest BCUT2D eigenvalue weighted by molar-refractivity contribution is 0.102. The van der Waals surface area contributed by atoms with E-state index in [0.717, 1.165) is 25.7 Å². The normalized spacial score (nSPS) is 15.9. The second kappa shape index (κ2) is 8.61. The van der Waals surface area contributed by atoms with E-state index in [1.165, 1.54) is 16.4 Å². The van der Waals surface area contributed by atoms with E-state index in [2.05, 4.69) is 5.32 Å². The summed E-state index contributed by atoms with van der Waals surface area (Å²) in [5, 5.41) is 3.35. The molecule has 2 aromatic rings. The van der Waals surface area contributed by atoms with Gasteiger partial charge in [0, 0.05) is 23.8 Å². The number of anilines is 1. The first-order valence-corrected chi connectivity index (χ1v) is 10.9. The highest BCUT2D eigenvalue weighted by Crippen LogP contribution is 2.25. The van der Waals surface area contributed by atoms with Crippen molar-refractivity contribution in [3.8, 4) is 0 Å². The monoisotopic (exact) mass is 426 g/mol. The van der Waals surface area contributed by atoms with Gasteiger partial charge in [-0.25, -0.2) is 8.42 Å². The third-order valence-electron chi connectivity index (χ3n) is 4.47. The first kappa shape index (κ1) is 20.1. The molecule has 144 valence electrons. The van der Waals surface area contributed by atoms with Gasteiger partial charge in [0.15, 0.2) is 0 Å². The molecule has 1 amide bonds. The molecule has 1 N–H and O–H groups in total. The molecule has 3 rings (SSSR count). The minimum atomic E-state index is -3.59. The smallest absolute Gasteiger partial charge is 0.257 e. The van der Waals surface area contributed by atoms with Gasteiger partial charge in [-0.15, -0.1) is 0 Å². The summed E-state index contributed by atoms with van der Waals surface area (Å²) >= 11 is 12.0. The van der Waals surface area contributed by atoms with Gasteiger partial charge in [0.1, 0.15) is 0 Å². The average Bonchev–Trinajstić information content (AvgIpc) is 2.94. The molecule has 1 heterocycles. The number of halogens is 2. The molecule has 0 unspecified atom stereocenters. The molecular weight excluding hydrogens is 407 g/mol. The Bertz CT molecular complexity index is 940. The molecule has 0 aromatic heterocycles. The summed E-state index contributed by atoms with van der Waals surface area (Å²) in [7, 11) is -3.59. The van der Waals surface area contributed by atoms with E-state index in [4.69, 9.17) is 23.2 Å². The molecule has 1 saturated heterocycles. The van der Waals surface area contributed by atoms with Crippen LogP contribution < -0.4 is 5.32 Å². The maximum atomic E-state index is 12.9. The highest BCUT2D eigenvalue weighted by Gasteiger charge is 2.25. The van der Waals surface area contributed by atoms with Gasteiger partial charge >= 0.3 is 0 Å². The molecule has 8 heteroatoms. The van der Waals surface area contributed by atoms with Gasteiger partial charge in [-0.3, -0.25) is 4.79 Å². The summed E-state index contributed by atoms with van der Waals surface area (Å²) in [6.07, 6.45) is 3.82. The van der Waals surface area contributed by atoms with Crippen LogP contribution in [-0.4, -0.2) is 31.7 Å². The van der Waals surface area contributed by atoms with Crippen molar-refractivity contribution < 1.29 is 13.2 Å². The molecule has 0 saturated carbocycles. The molecule has 0 aliphatic carbocycles. The van der Waals surface area contributed by atoms with Crippen LogP contribution in [0.25, 0.3) is 0 Å². The second-order valence-corrected chi connectivity index (χ2v) is 9.21. The van der Waals surface area contributed by atoms with Gasteiger partial charge in [0.25, 0.3) is 5.91 Å². The van der Waals surface area contributed by atoms with Crippen LogP contribution in [0.5, 0.6) is 0 Å². The minimum absolute atomic E-state index is 0.166. The van der Waals surface area contributed by atoms with Gasteiger partial charge < -0.3 is 5.32 Å². The second-order valence-electron chi connectivity index (χ2n) is 6.42. The zero-order valence-corrected chi connectivity index (χ0v) is 16.9. The Labute approximate surface area is 169 Å². The van der Waals surface area contributed by atoms with Crippen LogP contribution in [0.15, 0.2) is 47.4 Å². The van der Waals surface area contributed by atoms with Crippen LogP contribution in [0.4, 0.5) is 5.69 Å². The fourth-order valence-electron chi connectivity index (χ4n) is 3.04. The summed E-state index contributed by atoms with van der Waals surface area (Å²) < 4.78 is 27.4. The van der Waals surface area contributed by atoms with Gasteiger partial charge in [-0.1, -0.05) is 42.1 Å². The van der Waals surface area contributed by atoms with Crippen molar-refractivity contribution in [2.24, 2.45) is 0 Å². The number of benzene rings is 2. The topological polar surface area (TPSA) is 66.5 Å². The first-order valence-electron chi connectivity index (χ1n) is 8.74. The standard InChI is InChI=1S/C19H20Cl2N2O3S/c20-14-8-9-18(21)17(12-14)19(24)22-15-6-5-7-16(13-15)27(25,26)23-10-3-1-2-4-11-23/h5-9,12-13H,1-4,10-11H2,(H,22,24). The average molecular weight is 427 g/mol. The third-order valence-corrected chi connectivity index (χ3v) is 6.93. The molecule has 5 nitrogen and oxygen atoms in total. The van der Waals surface area contributed by atoms with Gasteiger partial charge in [0.05, 0.1) is 15.5 Å². The maximum Gasteiger partial charge on any atom is 0.257 e. The molecule has 1 aliphatic heterocycles. The minimum Gasteiger partial charge on any atom is -0.322 e. The number of nitrogens with one attached hydrogen (secondary N) is 1. The predicted molar refractivity (Wildman–Crippen MR) is 108 cm³/mol. The van der Waals surface area contributed by atoms with Crippen molar-refractivity contribution in [2.45, 2.75) is 30.6 Å².